The molecule has 6 nitrogen and oxygen atoms in total. The van der Waals surface area contributed by atoms with Gasteiger partial charge in [-0.1, -0.05) is 12.2 Å². The smallest absolute Gasteiger partial charge is 0.260 e. The van der Waals surface area contributed by atoms with Crippen molar-refractivity contribution in [3.63, 3.8) is 0 Å². The van der Waals surface area contributed by atoms with Gasteiger partial charge in [-0.05, 0) is 43.0 Å². The van der Waals surface area contributed by atoms with Crippen LogP contribution in [0.3, 0.4) is 0 Å². The van der Waals surface area contributed by atoms with Crippen LogP contribution in [0.2, 0.25) is 0 Å². The third-order valence-corrected chi connectivity index (χ3v) is 4.42. The molecule has 1 aromatic carbocycles. The number of morpholine rings is 1. The second-order valence-electron chi connectivity index (χ2n) is 6.32. The zero-order valence-electron chi connectivity index (χ0n) is 14.3. The minimum Gasteiger partial charge on any atom is -0.484 e. The van der Waals surface area contributed by atoms with E-state index in [1.54, 1.807) is 29.2 Å². The Morgan fingerprint density at radius 1 is 1.20 bits per heavy atom. The summed E-state index contributed by atoms with van der Waals surface area (Å²) in [5, 5.41) is 2.90. The van der Waals surface area contributed by atoms with Crippen LogP contribution in [0, 0.1) is 5.92 Å². The molecule has 1 fully saturated rings. The minimum absolute atomic E-state index is 0.0136. The van der Waals surface area contributed by atoms with Gasteiger partial charge in [-0.3, -0.25) is 9.59 Å². The molecule has 3 rings (SSSR count). The topological polar surface area (TPSA) is 67.9 Å². The van der Waals surface area contributed by atoms with Crippen molar-refractivity contribution >= 4 is 17.5 Å². The first-order valence-electron chi connectivity index (χ1n) is 8.75. The van der Waals surface area contributed by atoms with E-state index in [1.165, 1.54) is 0 Å². The van der Waals surface area contributed by atoms with Gasteiger partial charge in [0, 0.05) is 25.2 Å². The number of hydrogen-bond acceptors (Lipinski definition) is 4. The number of ether oxygens (including phenoxy) is 2. The Balaban J connectivity index is 1.42. The van der Waals surface area contributed by atoms with Crippen LogP contribution in [0.5, 0.6) is 5.75 Å². The molecular weight excluding hydrogens is 320 g/mol. The van der Waals surface area contributed by atoms with Crippen molar-refractivity contribution in [3.05, 3.63) is 36.4 Å². The number of allylic oxidation sites excluding steroid dienone is 2. The van der Waals surface area contributed by atoms with Gasteiger partial charge in [-0.25, -0.2) is 0 Å². The van der Waals surface area contributed by atoms with E-state index in [-0.39, 0.29) is 18.4 Å². The normalized spacial score (nSPS) is 19.7. The van der Waals surface area contributed by atoms with Crippen LogP contribution in [0.15, 0.2) is 36.4 Å². The molecular formula is C19H24N2O4. The molecule has 1 aromatic rings. The highest BCUT2D eigenvalue weighted by Crippen LogP contribution is 2.21. The SMILES string of the molecule is O=C(CC1C=CCC1)Nc1ccc(OCC(=O)N2CCOCC2)cc1. The summed E-state index contributed by atoms with van der Waals surface area (Å²) in [6.45, 7) is 2.40. The van der Waals surface area contributed by atoms with Gasteiger partial charge in [0.15, 0.2) is 6.61 Å². The van der Waals surface area contributed by atoms with Gasteiger partial charge in [0.25, 0.3) is 5.91 Å². The second-order valence-corrected chi connectivity index (χ2v) is 6.32. The summed E-state index contributed by atoms with van der Waals surface area (Å²) in [4.78, 5) is 25.8. The van der Waals surface area contributed by atoms with Crippen LogP contribution in [-0.4, -0.2) is 49.6 Å². The average Bonchev–Trinajstić information content (AvgIpc) is 3.14. The van der Waals surface area contributed by atoms with Crippen LogP contribution >= 0.6 is 0 Å². The van der Waals surface area contributed by atoms with Gasteiger partial charge < -0.3 is 19.7 Å². The molecule has 0 radical (unpaired) electrons. The Labute approximate surface area is 147 Å². The van der Waals surface area contributed by atoms with Gasteiger partial charge in [0.05, 0.1) is 13.2 Å². The van der Waals surface area contributed by atoms with Gasteiger partial charge in [0.1, 0.15) is 5.75 Å². The first-order valence-corrected chi connectivity index (χ1v) is 8.75. The van der Waals surface area contributed by atoms with Crippen molar-refractivity contribution < 1.29 is 19.1 Å². The summed E-state index contributed by atoms with van der Waals surface area (Å²) in [5.74, 6) is 0.949. The van der Waals surface area contributed by atoms with E-state index in [4.69, 9.17) is 9.47 Å². The summed E-state index contributed by atoms with van der Waals surface area (Å²) in [6, 6.07) is 7.10. The van der Waals surface area contributed by atoms with E-state index in [0.717, 1.165) is 18.5 Å². The molecule has 0 bridgehead atoms. The monoisotopic (exact) mass is 344 g/mol. The van der Waals surface area contributed by atoms with Crippen molar-refractivity contribution in [2.24, 2.45) is 5.92 Å². The largest absolute Gasteiger partial charge is 0.484 e. The molecule has 0 saturated carbocycles. The fourth-order valence-electron chi connectivity index (χ4n) is 3.00. The van der Waals surface area contributed by atoms with E-state index in [1.807, 2.05) is 0 Å². The summed E-state index contributed by atoms with van der Waals surface area (Å²) < 4.78 is 10.8. The number of benzene rings is 1. The number of hydrogen-bond donors (Lipinski definition) is 1. The number of carbonyl (C=O) groups is 2. The lowest BCUT2D eigenvalue weighted by Crippen LogP contribution is -2.42. The lowest BCUT2D eigenvalue weighted by Gasteiger charge is -2.26. The molecule has 2 aliphatic rings. The molecule has 25 heavy (non-hydrogen) atoms. The van der Waals surface area contributed by atoms with Crippen LogP contribution in [0.1, 0.15) is 19.3 Å². The Kier molecular flexibility index (Phi) is 6.06. The molecule has 1 saturated heterocycles. The highest BCUT2D eigenvalue weighted by molar-refractivity contribution is 5.91. The summed E-state index contributed by atoms with van der Waals surface area (Å²) >= 11 is 0. The third kappa shape index (κ3) is 5.32. The van der Waals surface area contributed by atoms with Gasteiger partial charge in [-0.15, -0.1) is 0 Å². The molecule has 2 amide bonds. The van der Waals surface area contributed by atoms with Gasteiger partial charge >= 0.3 is 0 Å². The summed E-state index contributed by atoms with van der Waals surface area (Å²) in [7, 11) is 0. The zero-order valence-corrected chi connectivity index (χ0v) is 14.3. The molecule has 1 heterocycles. The lowest BCUT2D eigenvalue weighted by atomic mass is 10.1. The predicted octanol–water partition coefficient (Wildman–Crippen LogP) is 2.22. The Bertz CT molecular complexity index is 621. The van der Waals surface area contributed by atoms with Crippen molar-refractivity contribution in [2.45, 2.75) is 19.3 Å². The minimum atomic E-state index is -0.0368. The van der Waals surface area contributed by atoms with Gasteiger partial charge in [-0.2, -0.15) is 0 Å². The van der Waals surface area contributed by atoms with Crippen molar-refractivity contribution in [3.8, 4) is 5.75 Å². The Morgan fingerprint density at radius 3 is 2.64 bits per heavy atom. The average molecular weight is 344 g/mol. The van der Waals surface area contributed by atoms with Crippen molar-refractivity contribution in [2.75, 3.05) is 38.2 Å². The summed E-state index contributed by atoms with van der Waals surface area (Å²) in [5.41, 5.74) is 0.735. The van der Waals surface area contributed by atoms with Crippen LogP contribution in [0.4, 0.5) is 5.69 Å². The lowest BCUT2D eigenvalue weighted by molar-refractivity contribution is -0.137. The number of nitrogens with zero attached hydrogens (tertiary/aromatic N) is 1. The number of carbonyl (C=O) groups excluding carboxylic acids is 2. The standard InChI is InChI=1S/C19H24N2O4/c22-18(13-15-3-1-2-4-15)20-16-5-7-17(8-6-16)25-14-19(23)21-9-11-24-12-10-21/h1,3,5-8,15H,2,4,9-14H2,(H,20,22). The first-order chi connectivity index (χ1) is 12.2. The number of anilines is 1. The van der Waals surface area contributed by atoms with E-state index in [9.17, 15) is 9.59 Å². The van der Waals surface area contributed by atoms with Crippen molar-refractivity contribution in [1.29, 1.82) is 0 Å². The van der Waals surface area contributed by atoms with E-state index in [0.29, 0.717) is 44.4 Å². The van der Waals surface area contributed by atoms with E-state index in [2.05, 4.69) is 17.5 Å². The van der Waals surface area contributed by atoms with Gasteiger partial charge in [0.2, 0.25) is 5.91 Å². The van der Waals surface area contributed by atoms with Crippen molar-refractivity contribution in [1.82, 2.24) is 4.90 Å². The maximum atomic E-state index is 12.0. The maximum absolute atomic E-state index is 12.0. The number of amides is 2. The molecule has 6 heteroatoms. The van der Waals surface area contributed by atoms with Crippen LogP contribution < -0.4 is 10.1 Å². The van der Waals surface area contributed by atoms with Crippen LogP contribution in [-0.2, 0) is 14.3 Å². The fraction of sp³-hybridized carbons (Fsp3) is 0.474. The third-order valence-electron chi connectivity index (χ3n) is 4.42. The highest BCUT2D eigenvalue weighted by Gasteiger charge is 2.17. The molecule has 1 atom stereocenters. The highest BCUT2D eigenvalue weighted by atomic mass is 16.5. The maximum Gasteiger partial charge on any atom is 0.260 e. The molecule has 1 N–H and O–H groups in total. The number of rotatable bonds is 6. The van der Waals surface area contributed by atoms with E-state index < -0.39 is 0 Å². The summed E-state index contributed by atoms with van der Waals surface area (Å²) in [6.07, 6.45) is 6.87. The molecule has 1 aliphatic heterocycles. The van der Waals surface area contributed by atoms with Crippen LogP contribution in [0.25, 0.3) is 0 Å². The quantitative estimate of drug-likeness (QED) is 0.804. The zero-order chi connectivity index (χ0) is 17.5. The number of nitrogens with one attached hydrogen (secondary N) is 1. The predicted molar refractivity (Wildman–Crippen MR) is 94.4 cm³/mol. The second kappa shape index (κ2) is 8.67. The molecule has 1 aliphatic carbocycles. The molecule has 0 aromatic heterocycles. The molecule has 0 spiro atoms. The fourth-order valence-corrected chi connectivity index (χ4v) is 3.00. The van der Waals surface area contributed by atoms with E-state index >= 15 is 0 Å². The Hall–Kier alpha value is -2.34. The molecule has 1 unspecified atom stereocenters. The Morgan fingerprint density at radius 2 is 1.96 bits per heavy atom. The first kappa shape index (κ1) is 17.5. The molecule has 134 valence electrons.